The van der Waals surface area contributed by atoms with Crippen molar-refractivity contribution in [3.8, 4) is 5.75 Å². The minimum Gasteiger partial charge on any atom is -0.490 e. The van der Waals surface area contributed by atoms with Crippen molar-refractivity contribution in [2.45, 2.75) is 62.2 Å². The lowest BCUT2D eigenvalue weighted by Crippen LogP contribution is -2.49. The molecule has 40 heavy (non-hydrogen) atoms. The van der Waals surface area contributed by atoms with Crippen molar-refractivity contribution in [2.24, 2.45) is 11.8 Å². The van der Waals surface area contributed by atoms with E-state index in [0.29, 0.717) is 31.9 Å². The van der Waals surface area contributed by atoms with E-state index >= 15 is 0 Å². The Bertz CT molecular complexity index is 1400. The number of carbonyl (C=O) groups is 1. The third-order valence-corrected chi connectivity index (χ3v) is 11.3. The molecule has 0 aromatic heterocycles. The zero-order valence-corrected chi connectivity index (χ0v) is 24.3. The minimum absolute atomic E-state index is 0.0516. The standard InChI is InChI=1S/C30H37ClN2O6S/c1-19-16-38-12-10-27(34)24-7-4-22(24)15-33-17-30(11-2-3-20-13-23(31)6-8-25(20)30)18-39-28-9-5-21(14-26(28)33)29(35)32-40(19,36)37/h5-6,8-9,13-14,19,22,24,27,34H,2-4,7,10-12,15-18H2,1H3,(H,32,35)/t19-,22+,24-,27+,30+/m1/s1. The topological polar surface area (TPSA) is 105 Å². The molecule has 5 atom stereocenters. The molecule has 2 aromatic rings. The van der Waals surface area contributed by atoms with Crippen molar-refractivity contribution < 1.29 is 27.8 Å². The van der Waals surface area contributed by atoms with Gasteiger partial charge in [0.2, 0.25) is 10.0 Å². The predicted molar refractivity (Wildman–Crippen MR) is 154 cm³/mol. The highest BCUT2D eigenvalue weighted by Gasteiger charge is 2.44. The SMILES string of the molecule is C[C@@H]1COCC[C@H](O)[C@@H]2CC[C@H]2CN2C[C@@]3(CCCc4cc(Cl)ccc43)COc3ccc(cc32)C(=O)NS1(=O)=O. The van der Waals surface area contributed by atoms with Gasteiger partial charge in [0.05, 0.1) is 25.0 Å². The first kappa shape index (κ1) is 27.8. The van der Waals surface area contributed by atoms with Crippen LogP contribution in [0.2, 0.25) is 5.02 Å². The number of halogens is 1. The van der Waals surface area contributed by atoms with Gasteiger partial charge in [-0.15, -0.1) is 0 Å². The van der Waals surface area contributed by atoms with Crippen LogP contribution in [0.3, 0.4) is 0 Å². The number of nitrogens with one attached hydrogen (secondary N) is 1. The third-order valence-electron chi connectivity index (χ3n) is 9.40. The summed E-state index contributed by atoms with van der Waals surface area (Å²) >= 11 is 6.37. The lowest BCUT2D eigenvalue weighted by atomic mass is 9.68. The van der Waals surface area contributed by atoms with Crippen LogP contribution in [0.25, 0.3) is 0 Å². The Kier molecular flexibility index (Phi) is 7.52. The number of fused-ring (bicyclic) bond motifs is 4. The molecule has 0 unspecified atom stereocenters. The maximum atomic E-state index is 13.2. The fourth-order valence-corrected chi connectivity index (χ4v) is 7.96. The maximum Gasteiger partial charge on any atom is 0.264 e. The molecule has 1 saturated carbocycles. The maximum absolute atomic E-state index is 13.2. The van der Waals surface area contributed by atoms with Gasteiger partial charge < -0.3 is 19.5 Å². The van der Waals surface area contributed by atoms with Crippen LogP contribution in [-0.2, 0) is 26.6 Å². The molecule has 1 spiro atoms. The number of anilines is 1. The van der Waals surface area contributed by atoms with E-state index in [9.17, 15) is 18.3 Å². The monoisotopic (exact) mass is 588 g/mol. The van der Waals surface area contributed by atoms with Gasteiger partial charge in [-0.25, -0.2) is 13.1 Å². The number of aryl methyl sites for hydroxylation is 1. The Morgan fingerprint density at radius 3 is 2.80 bits per heavy atom. The van der Waals surface area contributed by atoms with E-state index in [0.717, 1.165) is 42.8 Å². The van der Waals surface area contributed by atoms with Gasteiger partial charge in [0, 0.05) is 35.7 Å². The van der Waals surface area contributed by atoms with Crippen LogP contribution in [0.5, 0.6) is 5.75 Å². The summed E-state index contributed by atoms with van der Waals surface area (Å²) in [6.45, 7) is 3.63. The second kappa shape index (κ2) is 10.8. The van der Waals surface area contributed by atoms with E-state index < -0.39 is 27.3 Å². The van der Waals surface area contributed by atoms with Gasteiger partial charge >= 0.3 is 0 Å². The molecule has 2 N–H and O–H groups in total. The smallest absolute Gasteiger partial charge is 0.264 e. The van der Waals surface area contributed by atoms with E-state index in [1.807, 2.05) is 6.07 Å². The molecule has 6 rings (SSSR count). The number of sulfonamides is 1. The number of hydrogen-bond donors (Lipinski definition) is 2. The summed E-state index contributed by atoms with van der Waals surface area (Å²) in [7, 11) is -3.95. The Morgan fingerprint density at radius 2 is 2.00 bits per heavy atom. The minimum atomic E-state index is -3.95. The summed E-state index contributed by atoms with van der Waals surface area (Å²) in [6.07, 6.45) is 4.85. The average molecular weight is 589 g/mol. The molecule has 10 heteroatoms. The van der Waals surface area contributed by atoms with Crippen molar-refractivity contribution in [1.29, 1.82) is 0 Å². The highest BCUT2D eigenvalue weighted by atomic mass is 35.5. The summed E-state index contributed by atoms with van der Waals surface area (Å²) in [5, 5.41) is 10.8. The number of amides is 1. The van der Waals surface area contributed by atoms with E-state index in [1.165, 1.54) is 18.1 Å². The van der Waals surface area contributed by atoms with Crippen molar-refractivity contribution in [2.75, 3.05) is 37.8 Å². The summed E-state index contributed by atoms with van der Waals surface area (Å²) in [5.41, 5.74) is 3.28. The highest BCUT2D eigenvalue weighted by Crippen LogP contribution is 2.46. The van der Waals surface area contributed by atoms with Crippen LogP contribution < -0.4 is 14.4 Å². The normalized spacial score (nSPS) is 32.1. The van der Waals surface area contributed by atoms with Gasteiger partial charge in [-0.05, 0) is 98.7 Å². The number of nitrogens with zero attached hydrogens (tertiary/aromatic N) is 1. The summed E-state index contributed by atoms with van der Waals surface area (Å²) in [6, 6.07) is 11.3. The number of benzene rings is 2. The molecular formula is C30H37ClN2O6S. The molecule has 2 aliphatic carbocycles. The van der Waals surface area contributed by atoms with Gasteiger partial charge in [-0.1, -0.05) is 17.7 Å². The summed E-state index contributed by atoms with van der Waals surface area (Å²) in [5.74, 6) is 0.438. The predicted octanol–water partition coefficient (Wildman–Crippen LogP) is 4.07. The quantitative estimate of drug-likeness (QED) is 0.478. The third kappa shape index (κ3) is 5.22. The molecule has 2 aromatic carbocycles. The van der Waals surface area contributed by atoms with E-state index in [1.54, 1.807) is 18.2 Å². The van der Waals surface area contributed by atoms with Crippen LogP contribution >= 0.6 is 11.6 Å². The molecule has 1 amide bonds. The molecule has 216 valence electrons. The van der Waals surface area contributed by atoms with E-state index in [2.05, 4.69) is 21.8 Å². The fourth-order valence-electron chi connectivity index (χ4n) is 6.91. The average Bonchev–Trinajstić information content (AvgIpc) is 3.05. The van der Waals surface area contributed by atoms with Crippen molar-refractivity contribution in [1.82, 2.24) is 4.72 Å². The summed E-state index contributed by atoms with van der Waals surface area (Å²) < 4.78 is 40.1. The second-order valence-electron chi connectivity index (χ2n) is 12.0. The fraction of sp³-hybridized carbons (Fsp3) is 0.567. The molecule has 2 heterocycles. The number of rotatable bonds is 0. The van der Waals surface area contributed by atoms with E-state index in [-0.39, 0.29) is 36.0 Å². The zero-order chi connectivity index (χ0) is 28.1. The molecular weight excluding hydrogens is 552 g/mol. The van der Waals surface area contributed by atoms with Crippen molar-refractivity contribution >= 4 is 33.2 Å². The van der Waals surface area contributed by atoms with Crippen LogP contribution in [-0.4, -0.2) is 63.7 Å². The molecule has 0 radical (unpaired) electrons. The van der Waals surface area contributed by atoms with E-state index in [4.69, 9.17) is 21.1 Å². The number of hydrogen-bond acceptors (Lipinski definition) is 7. The number of aliphatic hydroxyl groups is 1. The molecule has 8 nitrogen and oxygen atoms in total. The van der Waals surface area contributed by atoms with Crippen LogP contribution in [0.15, 0.2) is 36.4 Å². The second-order valence-corrected chi connectivity index (χ2v) is 14.5. The van der Waals surface area contributed by atoms with Gasteiger partial charge in [-0.3, -0.25) is 4.79 Å². The lowest BCUT2D eigenvalue weighted by Gasteiger charge is -2.45. The molecule has 4 aliphatic rings. The van der Waals surface area contributed by atoms with Gasteiger partial charge in [0.15, 0.2) is 0 Å². The Labute approximate surface area is 241 Å². The first-order valence-corrected chi connectivity index (χ1v) is 16.2. The van der Waals surface area contributed by atoms with Crippen LogP contribution in [0, 0.1) is 11.8 Å². The first-order chi connectivity index (χ1) is 19.1. The molecule has 1 fully saturated rings. The summed E-state index contributed by atoms with van der Waals surface area (Å²) in [4.78, 5) is 15.5. The van der Waals surface area contributed by atoms with Crippen LogP contribution in [0.4, 0.5) is 5.69 Å². The van der Waals surface area contributed by atoms with Gasteiger partial charge in [0.25, 0.3) is 5.91 Å². The van der Waals surface area contributed by atoms with Crippen molar-refractivity contribution in [3.63, 3.8) is 0 Å². The van der Waals surface area contributed by atoms with Crippen molar-refractivity contribution in [3.05, 3.63) is 58.1 Å². The number of carbonyl (C=O) groups excluding carboxylic acids is 1. The molecule has 2 bridgehead atoms. The highest BCUT2D eigenvalue weighted by molar-refractivity contribution is 7.90. The molecule has 2 aliphatic heterocycles. The number of aliphatic hydroxyl groups excluding tert-OH is 1. The largest absolute Gasteiger partial charge is 0.490 e. The van der Waals surface area contributed by atoms with Gasteiger partial charge in [-0.2, -0.15) is 0 Å². The number of ether oxygens (including phenoxy) is 2. The Balaban J connectivity index is 1.41. The molecule has 0 saturated heterocycles. The Hall–Kier alpha value is -2.33. The lowest BCUT2D eigenvalue weighted by molar-refractivity contribution is -0.00812. The Morgan fingerprint density at radius 1 is 1.15 bits per heavy atom. The van der Waals surface area contributed by atoms with Crippen LogP contribution in [0.1, 0.15) is 60.5 Å². The van der Waals surface area contributed by atoms with Gasteiger partial charge in [0.1, 0.15) is 11.0 Å². The first-order valence-electron chi connectivity index (χ1n) is 14.3. The zero-order valence-electron chi connectivity index (χ0n) is 22.8.